The molecule has 3 rings (SSSR count). The number of aliphatic hydroxyl groups is 1. The minimum Gasteiger partial charge on any atom is -0.381 e. The summed E-state index contributed by atoms with van der Waals surface area (Å²) in [5, 5.41) is 14.8. The summed E-state index contributed by atoms with van der Waals surface area (Å²) >= 11 is 11.5. The molecule has 12 heteroatoms. The quantitative estimate of drug-likeness (QED) is 0.403. The monoisotopic (exact) mass is 514 g/mol. The van der Waals surface area contributed by atoms with Crippen molar-refractivity contribution in [2.75, 3.05) is 11.9 Å². The highest BCUT2D eigenvalue weighted by Crippen LogP contribution is 2.41. The fraction of sp³-hybridized carbons (Fsp3) is 0.381. The minimum atomic E-state index is -5.20. The molecule has 2 aromatic carbocycles. The summed E-state index contributed by atoms with van der Waals surface area (Å²) < 4.78 is 81.8. The van der Waals surface area contributed by atoms with Gasteiger partial charge < -0.3 is 15.7 Å². The SMILES string of the molecule is O=C(NCc1ccc(NC[C@@](O)(c2cc(Cl)cc(Cl)c2)C(F)(F)F)cc1C(F)(F)F)C1CC1. The number of nitrogens with one attached hydrogen (secondary N) is 2. The van der Waals surface area contributed by atoms with Crippen molar-refractivity contribution in [1.29, 1.82) is 0 Å². The van der Waals surface area contributed by atoms with Crippen LogP contribution in [0.4, 0.5) is 32.0 Å². The smallest absolute Gasteiger partial charge is 0.381 e. The van der Waals surface area contributed by atoms with E-state index in [1.165, 1.54) is 6.07 Å². The Hall–Kier alpha value is -2.17. The van der Waals surface area contributed by atoms with E-state index in [1.807, 2.05) is 0 Å². The molecule has 1 aliphatic rings. The number of rotatable bonds is 7. The van der Waals surface area contributed by atoms with Gasteiger partial charge >= 0.3 is 12.4 Å². The van der Waals surface area contributed by atoms with Gasteiger partial charge in [-0.25, -0.2) is 0 Å². The largest absolute Gasteiger partial charge is 0.423 e. The molecule has 33 heavy (non-hydrogen) atoms. The summed E-state index contributed by atoms with van der Waals surface area (Å²) in [5.41, 5.74) is -5.83. The first-order chi connectivity index (χ1) is 15.2. The van der Waals surface area contributed by atoms with Crippen molar-refractivity contribution in [3.05, 3.63) is 63.1 Å². The van der Waals surface area contributed by atoms with E-state index in [0.29, 0.717) is 18.9 Å². The standard InChI is InChI=1S/C21H18Cl2F6N2O2/c22-14-5-13(6-15(23)7-14)19(33,21(27,28)29)10-31-16-4-3-12(17(8-16)20(24,25)26)9-30-18(32)11-1-2-11/h3-8,11,31,33H,1-2,9-10H2,(H,30,32)/t19-/m1/s1. The number of amides is 1. The maximum Gasteiger partial charge on any atom is 0.423 e. The van der Waals surface area contributed by atoms with Gasteiger partial charge in [0.25, 0.3) is 0 Å². The molecule has 0 aliphatic heterocycles. The molecule has 0 heterocycles. The number of alkyl halides is 6. The maximum atomic E-state index is 13.7. The molecular weight excluding hydrogens is 497 g/mol. The van der Waals surface area contributed by atoms with E-state index in [1.54, 1.807) is 0 Å². The van der Waals surface area contributed by atoms with E-state index in [-0.39, 0.29) is 39.7 Å². The summed E-state index contributed by atoms with van der Waals surface area (Å²) in [6, 6.07) is 5.73. The van der Waals surface area contributed by atoms with Crippen LogP contribution in [0.15, 0.2) is 36.4 Å². The van der Waals surface area contributed by atoms with Gasteiger partial charge in [-0.3, -0.25) is 4.79 Å². The molecule has 4 nitrogen and oxygen atoms in total. The van der Waals surface area contributed by atoms with Crippen LogP contribution in [0.2, 0.25) is 10.0 Å². The summed E-state index contributed by atoms with van der Waals surface area (Å²) in [5.74, 6) is -0.541. The Bertz CT molecular complexity index is 1020. The molecule has 0 unspecified atom stereocenters. The molecule has 0 spiro atoms. The molecule has 2 aromatic rings. The van der Waals surface area contributed by atoms with Crippen molar-refractivity contribution in [3.63, 3.8) is 0 Å². The molecular formula is C21H18Cl2F6N2O2. The van der Waals surface area contributed by atoms with Crippen molar-refractivity contribution in [2.24, 2.45) is 5.92 Å². The zero-order chi connectivity index (χ0) is 24.6. The van der Waals surface area contributed by atoms with E-state index in [4.69, 9.17) is 23.2 Å². The number of carbonyl (C=O) groups is 1. The molecule has 0 saturated heterocycles. The van der Waals surface area contributed by atoms with Crippen LogP contribution in [0.3, 0.4) is 0 Å². The fourth-order valence-electron chi connectivity index (χ4n) is 3.17. The van der Waals surface area contributed by atoms with Crippen LogP contribution in [0.25, 0.3) is 0 Å². The van der Waals surface area contributed by atoms with Gasteiger partial charge in [0.1, 0.15) is 0 Å². The predicted molar refractivity (Wildman–Crippen MR) is 111 cm³/mol. The second-order valence-corrected chi connectivity index (χ2v) is 8.60. The molecule has 1 amide bonds. The van der Waals surface area contributed by atoms with Gasteiger partial charge in [-0.1, -0.05) is 29.3 Å². The third-order valence-corrected chi connectivity index (χ3v) is 5.61. The van der Waals surface area contributed by atoms with E-state index in [9.17, 15) is 36.2 Å². The van der Waals surface area contributed by atoms with Gasteiger partial charge in [0, 0.05) is 28.2 Å². The topological polar surface area (TPSA) is 61.4 Å². The Kier molecular flexibility index (Phi) is 7.12. The second-order valence-electron chi connectivity index (χ2n) is 7.73. The molecule has 1 aliphatic carbocycles. The average Bonchev–Trinajstić information content (AvgIpc) is 3.53. The minimum absolute atomic E-state index is 0.155. The van der Waals surface area contributed by atoms with Gasteiger partial charge in [0.05, 0.1) is 12.1 Å². The lowest BCUT2D eigenvalue weighted by Gasteiger charge is -2.32. The molecule has 0 radical (unpaired) electrons. The highest BCUT2D eigenvalue weighted by Gasteiger charge is 2.55. The van der Waals surface area contributed by atoms with Gasteiger partial charge in [0.2, 0.25) is 11.5 Å². The van der Waals surface area contributed by atoms with Gasteiger partial charge in [0.15, 0.2) is 0 Å². The van der Waals surface area contributed by atoms with Crippen molar-refractivity contribution < 1.29 is 36.2 Å². The lowest BCUT2D eigenvalue weighted by atomic mass is 9.92. The maximum absolute atomic E-state index is 13.7. The Labute approximate surface area is 194 Å². The number of carbonyl (C=O) groups excluding carboxylic acids is 1. The van der Waals surface area contributed by atoms with Crippen LogP contribution in [0.5, 0.6) is 0 Å². The van der Waals surface area contributed by atoms with Gasteiger partial charge in [-0.15, -0.1) is 0 Å². The summed E-state index contributed by atoms with van der Waals surface area (Å²) in [7, 11) is 0. The number of halogens is 8. The normalized spacial score (nSPS) is 16.3. The number of anilines is 1. The number of benzene rings is 2. The Morgan fingerprint density at radius 1 is 1.00 bits per heavy atom. The molecule has 180 valence electrons. The summed E-state index contributed by atoms with van der Waals surface area (Å²) in [6.45, 7) is -1.58. The lowest BCUT2D eigenvalue weighted by Crippen LogP contribution is -2.47. The van der Waals surface area contributed by atoms with Crippen molar-refractivity contribution in [1.82, 2.24) is 5.32 Å². The van der Waals surface area contributed by atoms with E-state index >= 15 is 0 Å². The fourth-order valence-corrected chi connectivity index (χ4v) is 3.69. The first kappa shape index (κ1) is 25.5. The van der Waals surface area contributed by atoms with Crippen LogP contribution >= 0.6 is 23.2 Å². The third-order valence-electron chi connectivity index (χ3n) is 5.17. The highest BCUT2D eigenvalue weighted by atomic mass is 35.5. The summed E-state index contributed by atoms with van der Waals surface area (Å²) in [4.78, 5) is 11.7. The van der Waals surface area contributed by atoms with Crippen LogP contribution < -0.4 is 10.6 Å². The molecule has 3 N–H and O–H groups in total. The Morgan fingerprint density at radius 2 is 1.61 bits per heavy atom. The van der Waals surface area contributed by atoms with E-state index in [2.05, 4.69) is 10.6 Å². The first-order valence-corrected chi connectivity index (χ1v) is 10.4. The van der Waals surface area contributed by atoms with E-state index in [0.717, 1.165) is 24.3 Å². The molecule has 0 aromatic heterocycles. The molecule has 0 bridgehead atoms. The molecule has 1 fully saturated rings. The Morgan fingerprint density at radius 3 is 2.12 bits per heavy atom. The van der Waals surface area contributed by atoms with Crippen molar-refractivity contribution in [3.8, 4) is 0 Å². The zero-order valence-corrected chi connectivity index (χ0v) is 18.3. The van der Waals surface area contributed by atoms with Crippen LogP contribution in [0, 0.1) is 5.92 Å². The summed E-state index contributed by atoms with van der Waals surface area (Å²) in [6.07, 6.45) is -8.66. The van der Waals surface area contributed by atoms with Crippen LogP contribution in [-0.2, 0) is 23.1 Å². The number of hydrogen-bond acceptors (Lipinski definition) is 3. The zero-order valence-electron chi connectivity index (χ0n) is 16.7. The highest BCUT2D eigenvalue weighted by molar-refractivity contribution is 6.34. The second kappa shape index (κ2) is 9.23. The van der Waals surface area contributed by atoms with Gasteiger partial charge in [-0.2, -0.15) is 26.3 Å². The van der Waals surface area contributed by atoms with Crippen LogP contribution in [-0.4, -0.2) is 23.7 Å². The van der Waals surface area contributed by atoms with E-state index < -0.39 is 35.6 Å². The average molecular weight is 515 g/mol. The predicted octanol–water partition coefficient (Wildman–Crippen LogP) is 5.90. The number of hydrogen-bond donors (Lipinski definition) is 3. The van der Waals surface area contributed by atoms with Crippen molar-refractivity contribution >= 4 is 34.8 Å². The Balaban J connectivity index is 1.85. The molecule has 1 atom stereocenters. The van der Waals surface area contributed by atoms with Crippen molar-refractivity contribution in [2.45, 2.75) is 37.3 Å². The first-order valence-electron chi connectivity index (χ1n) is 9.68. The molecule has 1 saturated carbocycles. The lowest BCUT2D eigenvalue weighted by molar-refractivity contribution is -0.260. The third kappa shape index (κ3) is 6.04. The van der Waals surface area contributed by atoms with Crippen LogP contribution in [0.1, 0.15) is 29.5 Å². The van der Waals surface area contributed by atoms with Gasteiger partial charge in [-0.05, 0) is 54.3 Å².